The summed E-state index contributed by atoms with van der Waals surface area (Å²) in [4.78, 5) is 0. The Balaban J connectivity index is 1.66. The second kappa shape index (κ2) is 6.18. The molecule has 0 amide bonds. The van der Waals surface area contributed by atoms with E-state index in [4.69, 9.17) is 5.73 Å². The van der Waals surface area contributed by atoms with Crippen molar-refractivity contribution in [1.29, 1.82) is 0 Å². The van der Waals surface area contributed by atoms with E-state index < -0.39 is 0 Å². The van der Waals surface area contributed by atoms with Gasteiger partial charge in [-0.25, -0.2) is 0 Å². The van der Waals surface area contributed by atoms with Crippen LogP contribution in [0.2, 0.25) is 0 Å². The fourth-order valence-electron chi connectivity index (χ4n) is 2.67. The van der Waals surface area contributed by atoms with E-state index in [1.54, 1.807) is 0 Å². The Morgan fingerprint density at radius 3 is 2.47 bits per heavy atom. The predicted octanol–water partition coefficient (Wildman–Crippen LogP) is 2.83. The molecule has 0 aromatic heterocycles. The Labute approximate surface area is 105 Å². The van der Waals surface area contributed by atoms with Crippen molar-refractivity contribution in [2.75, 3.05) is 6.54 Å². The third-order valence-corrected chi connectivity index (χ3v) is 3.82. The van der Waals surface area contributed by atoms with Gasteiger partial charge in [-0.05, 0) is 31.4 Å². The van der Waals surface area contributed by atoms with Crippen molar-refractivity contribution >= 4 is 0 Å². The molecule has 1 aliphatic carbocycles. The van der Waals surface area contributed by atoms with Gasteiger partial charge in [-0.15, -0.1) is 0 Å². The van der Waals surface area contributed by atoms with Crippen molar-refractivity contribution in [3.05, 3.63) is 35.9 Å². The number of rotatable bonds is 5. The number of nitrogens with two attached hydrogens (primary N) is 1. The topological polar surface area (TPSA) is 38.0 Å². The molecule has 1 saturated carbocycles. The van der Waals surface area contributed by atoms with Crippen LogP contribution in [0.3, 0.4) is 0 Å². The molecule has 17 heavy (non-hydrogen) atoms. The van der Waals surface area contributed by atoms with Crippen LogP contribution in [0, 0.1) is 0 Å². The smallest absolute Gasteiger partial charge is 0.0205 e. The summed E-state index contributed by atoms with van der Waals surface area (Å²) in [5, 5.41) is 3.49. The quantitative estimate of drug-likeness (QED) is 0.766. The van der Waals surface area contributed by atoms with Crippen molar-refractivity contribution in [2.24, 2.45) is 5.73 Å². The van der Waals surface area contributed by atoms with Crippen molar-refractivity contribution in [1.82, 2.24) is 5.32 Å². The van der Waals surface area contributed by atoms with Gasteiger partial charge < -0.3 is 11.1 Å². The summed E-state index contributed by atoms with van der Waals surface area (Å²) in [7, 11) is 0. The molecule has 0 bridgehead atoms. The summed E-state index contributed by atoms with van der Waals surface area (Å²) in [6, 6.07) is 10.5. The first-order valence-corrected chi connectivity index (χ1v) is 6.82. The first-order chi connectivity index (χ1) is 8.29. The van der Waals surface area contributed by atoms with Gasteiger partial charge in [0, 0.05) is 12.1 Å². The molecule has 1 aliphatic rings. The Hall–Kier alpha value is -0.860. The lowest BCUT2D eigenvalue weighted by Crippen LogP contribution is -2.43. The fourth-order valence-corrected chi connectivity index (χ4v) is 2.67. The molecule has 0 saturated heterocycles. The predicted molar refractivity (Wildman–Crippen MR) is 72.8 cm³/mol. The molecule has 0 spiro atoms. The van der Waals surface area contributed by atoms with E-state index in [1.807, 2.05) is 0 Å². The zero-order valence-electron chi connectivity index (χ0n) is 10.6. The van der Waals surface area contributed by atoms with Crippen molar-refractivity contribution < 1.29 is 0 Å². The van der Waals surface area contributed by atoms with Gasteiger partial charge >= 0.3 is 0 Å². The van der Waals surface area contributed by atoms with Crippen LogP contribution in [-0.2, 0) is 6.54 Å². The molecule has 0 atom stereocenters. The maximum absolute atomic E-state index is 6.40. The van der Waals surface area contributed by atoms with E-state index in [-0.39, 0.29) is 5.54 Å². The number of nitrogens with one attached hydrogen (secondary N) is 1. The molecule has 1 aromatic carbocycles. The second-order valence-electron chi connectivity index (χ2n) is 5.34. The molecule has 94 valence electrons. The minimum Gasteiger partial charge on any atom is -0.325 e. The van der Waals surface area contributed by atoms with E-state index in [0.29, 0.717) is 0 Å². The number of hydrogen-bond donors (Lipinski definition) is 2. The van der Waals surface area contributed by atoms with E-state index in [2.05, 4.69) is 35.6 Å². The molecule has 2 rings (SSSR count). The van der Waals surface area contributed by atoms with Gasteiger partial charge in [0.25, 0.3) is 0 Å². The van der Waals surface area contributed by atoms with Gasteiger partial charge in [0.05, 0.1) is 0 Å². The van der Waals surface area contributed by atoms with Crippen LogP contribution in [0.1, 0.15) is 44.1 Å². The summed E-state index contributed by atoms with van der Waals surface area (Å²) in [6.07, 6.45) is 7.53. The Morgan fingerprint density at radius 2 is 1.76 bits per heavy atom. The SMILES string of the molecule is NC1(CCNCc2ccccc2)CCCCC1. The van der Waals surface area contributed by atoms with E-state index in [9.17, 15) is 0 Å². The molecule has 0 heterocycles. The van der Waals surface area contributed by atoms with E-state index in [0.717, 1.165) is 19.5 Å². The highest BCUT2D eigenvalue weighted by molar-refractivity contribution is 5.14. The monoisotopic (exact) mass is 232 g/mol. The van der Waals surface area contributed by atoms with Crippen LogP contribution >= 0.6 is 0 Å². The maximum atomic E-state index is 6.40. The summed E-state index contributed by atoms with van der Waals surface area (Å²) >= 11 is 0. The summed E-state index contributed by atoms with van der Waals surface area (Å²) in [5.74, 6) is 0. The average Bonchev–Trinajstić information content (AvgIpc) is 2.37. The molecule has 2 nitrogen and oxygen atoms in total. The molecule has 3 N–H and O–H groups in total. The molecule has 2 heteroatoms. The zero-order chi connectivity index (χ0) is 12.0. The molecular formula is C15H24N2. The van der Waals surface area contributed by atoms with Crippen LogP contribution in [-0.4, -0.2) is 12.1 Å². The Bertz CT molecular complexity index is 315. The highest BCUT2D eigenvalue weighted by atomic mass is 14.9. The second-order valence-corrected chi connectivity index (χ2v) is 5.34. The first kappa shape index (κ1) is 12.6. The third-order valence-electron chi connectivity index (χ3n) is 3.82. The maximum Gasteiger partial charge on any atom is 0.0205 e. The molecule has 1 fully saturated rings. The highest BCUT2D eigenvalue weighted by Crippen LogP contribution is 2.28. The Morgan fingerprint density at radius 1 is 1.06 bits per heavy atom. The lowest BCUT2D eigenvalue weighted by atomic mass is 9.80. The largest absolute Gasteiger partial charge is 0.325 e. The van der Waals surface area contributed by atoms with Gasteiger partial charge in [-0.2, -0.15) is 0 Å². The van der Waals surface area contributed by atoms with Gasteiger partial charge in [0.1, 0.15) is 0 Å². The number of benzene rings is 1. The fraction of sp³-hybridized carbons (Fsp3) is 0.600. The van der Waals surface area contributed by atoms with E-state index >= 15 is 0 Å². The van der Waals surface area contributed by atoms with Crippen molar-refractivity contribution in [2.45, 2.75) is 50.6 Å². The van der Waals surface area contributed by atoms with Crippen molar-refractivity contribution in [3.63, 3.8) is 0 Å². The highest BCUT2D eigenvalue weighted by Gasteiger charge is 2.26. The van der Waals surface area contributed by atoms with Gasteiger partial charge in [-0.3, -0.25) is 0 Å². The summed E-state index contributed by atoms with van der Waals surface area (Å²) < 4.78 is 0. The van der Waals surface area contributed by atoms with Crippen LogP contribution in [0.15, 0.2) is 30.3 Å². The average molecular weight is 232 g/mol. The lowest BCUT2D eigenvalue weighted by molar-refractivity contribution is 0.274. The standard InChI is InChI=1S/C15H24N2/c16-15(9-5-2-6-10-15)11-12-17-13-14-7-3-1-4-8-14/h1,3-4,7-8,17H,2,5-6,9-13,16H2. The zero-order valence-corrected chi connectivity index (χ0v) is 10.6. The molecule has 0 unspecified atom stereocenters. The minimum absolute atomic E-state index is 0.113. The van der Waals surface area contributed by atoms with Crippen LogP contribution < -0.4 is 11.1 Å². The lowest BCUT2D eigenvalue weighted by Gasteiger charge is -2.33. The van der Waals surface area contributed by atoms with Crippen LogP contribution in [0.25, 0.3) is 0 Å². The van der Waals surface area contributed by atoms with Crippen LogP contribution in [0.4, 0.5) is 0 Å². The first-order valence-electron chi connectivity index (χ1n) is 6.82. The van der Waals surface area contributed by atoms with Crippen molar-refractivity contribution in [3.8, 4) is 0 Å². The molecule has 0 aliphatic heterocycles. The molecule has 1 aromatic rings. The normalized spacial score (nSPS) is 19.1. The van der Waals surface area contributed by atoms with E-state index in [1.165, 1.54) is 37.7 Å². The minimum atomic E-state index is 0.113. The van der Waals surface area contributed by atoms with Gasteiger partial charge in [0.2, 0.25) is 0 Å². The summed E-state index contributed by atoms with van der Waals surface area (Å²) in [6.45, 7) is 1.99. The van der Waals surface area contributed by atoms with Gasteiger partial charge in [-0.1, -0.05) is 49.6 Å². The molecule has 0 radical (unpaired) electrons. The Kier molecular flexibility index (Phi) is 4.57. The summed E-state index contributed by atoms with van der Waals surface area (Å²) in [5.41, 5.74) is 7.86. The third kappa shape index (κ3) is 4.14. The van der Waals surface area contributed by atoms with Gasteiger partial charge in [0.15, 0.2) is 0 Å². The molecular weight excluding hydrogens is 208 g/mol. The number of hydrogen-bond acceptors (Lipinski definition) is 2. The van der Waals surface area contributed by atoms with Crippen LogP contribution in [0.5, 0.6) is 0 Å².